The topological polar surface area (TPSA) is 112 Å². The Morgan fingerprint density at radius 1 is 1.23 bits per heavy atom. The molecule has 0 radical (unpaired) electrons. The highest BCUT2D eigenvalue weighted by Gasteiger charge is 2.49. The molecule has 1 aromatic carbocycles. The number of hydrogen-bond donors (Lipinski definition) is 2. The molecule has 188 valence electrons. The lowest BCUT2D eigenvalue weighted by Crippen LogP contribution is -2.50. The van der Waals surface area contributed by atoms with Gasteiger partial charge in [0.05, 0.1) is 6.07 Å². The van der Waals surface area contributed by atoms with E-state index in [1.165, 1.54) is 6.42 Å². The average Bonchev–Trinajstić information content (AvgIpc) is 3.23. The smallest absolute Gasteiger partial charge is 0.261 e. The monoisotopic (exact) mass is 480 g/mol. The van der Waals surface area contributed by atoms with Gasteiger partial charge >= 0.3 is 0 Å². The van der Waals surface area contributed by atoms with Gasteiger partial charge in [-0.15, -0.1) is 0 Å². The van der Waals surface area contributed by atoms with Crippen LogP contribution in [0.4, 0.5) is 0 Å². The molecular formula is C27H36N4O4. The fraction of sp³-hybridized carbons (Fsp3) is 0.630. The van der Waals surface area contributed by atoms with Crippen molar-refractivity contribution in [2.75, 3.05) is 19.7 Å². The first-order valence-corrected chi connectivity index (χ1v) is 12.9. The first-order chi connectivity index (χ1) is 16.9. The molecular weight excluding hydrogens is 444 g/mol. The van der Waals surface area contributed by atoms with Crippen molar-refractivity contribution in [3.8, 4) is 11.8 Å². The Morgan fingerprint density at radius 2 is 1.97 bits per heavy atom. The predicted molar refractivity (Wildman–Crippen MR) is 130 cm³/mol. The Bertz CT molecular complexity index is 964. The fourth-order valence-electron chi connectivity index (χ4n) is 5.84. The van der Waals surface area contributed by atoms with Gasteiger partial charge in [0.1, 0.15) is 17.8 Å². The molecule has 0 bridgehead atoms. The zero-order valence-electron chi connectivity index (χ0n) is 20.6. The minimum absolute atomic E-state index is 0.0504. The molecule has 1 spiro atoms. The quantitative estimate of drug-likeness (QED) is 0.623. The molecule has 2 heterocycles. The van der Waals surface area contributed by atoms with Gasteiger partial charge in [-0.05, 0) is 63.0 Å². The summed E-state index contributed by atoms with van der Waals surface area (Å²) in [4.78, 5) is 40.4. The van der Waals surface area contributed by atoms with E-state index >= 15 is 0 Å². The number of nitrogens with zero attached hydrogens (tertiary/aromatic N) is 2. The molecule has 3 aliphatic rings. The van der Waals surface area contributed by atoms with Crippen molar-refractivity contribution in [1.29, 1.82) is 5.26 Å². The first-order valence-electron chi connectivity index (χ1n) is 12.9. The van der Waals surface area contributed by atoms with Crippen LogP contribution in [0.25, 0.3) is 0 Å². The lowest BCUT2D eigenvalue weighted by Gasteiger charge is -2.33. The zero-order valence-corrected chi connectivity index (χ0v) is 20.6. The van der Waals surface area contributed by atoms with Gasteiger partial charge in [0.25, 0.3) is 5.91 Å². The lowest BCUT2D eigenvalue weighted by molar-refractivity contribution is -0.140. The summed E-state index contributed by atoms with van der Waals surface area (Å²) in [7, 11) is 0. The Hall–Kier alpha value is -3.08. The largest absolute Gasteiger partial charge is 0.484 e. The Labute approximate surface area is 207 Å². The molecule has 3 amide bonds. The highest BCUT2D eigenvalue weighted by atomic mass is 16.5. The summed E-state index contributed by atoms with van der Waals surface area (Å²) in [5, 5.41) is 15.4. The third kappa shape index (κ3) is 6.14. The van der Waals surface area contributed by atoms with Crippen LogP contribution in [0.1, 0.15) is 63.4 Å². The zero-order chi connectivity index (χ0) is 24.8. The second-order valence-electron chi connectivity index (χ2n) is 10.5. The highest BCUT2D eigenvalue weighted by Crippen LogP contribution is 2.46. The number of nitriles is 1. The molecule has 8 heteroatoms. The minimum Gasteiger partial charge on any atom is -0.484 e. The van der Waals surface area contributed by atoms with E-state index in [2.05, 4.69) is 16.7 Å². The minimum atomic E-state index is -0.764. The summed E-state index contributed by atoms with van der Waals surface area (Å²) >= 11 is 0. The van der Waals surface area contributed by atoms with Gasteiger partial charge in [0.15, 0.2) is 6.61 Å². The fourth-order valence-corrected chi connectivity index (χ4v) is 5.84. The maximum atomic E-state index is 13.4. The molecule has 0 unspecified atom stereocenters. The van der Waals surface area contributed by atoms with Crippen LogP contribution in [-0.4, -0.2) is 54.4 Å². The molecule has 35 heavy (non-hydrogen) atoms. The van der Waals surface area contributed by atoms with E-state index in [1.54, 1.807) is 4.90 Å². The SMILES string of the molecule is Cc1ccc(OCC(=O)N2CC3(CCCCC3)C[C@H]2C(=O)N[C@H](C#N)C[C@@H]2CCCNC2=O)cc1. The summed E-state index contributed by atoms with van der Waals surface area (Å²) in [6.07, 6.45) is 7.88. The second-order valence-corrected chi connectivity index (χ2v) is 10.5. The van der Waals surface area contributed by atoms with Crippen molar-refractivity contribution in [1.82, 2.24) is 15.5 Å². The molecule has 1 saturated carbocycles. The number of benzene rings is 1. The van der Waals surface area contributed by atoms with Gasteiger partial charge in [-0.1, -0.05) is 37.0 Å². The maximum Gasteiger partial charge on any atom is 0.261 e. The number of carbonyl (C=O) groups is 3. The molecule has 2 aliphatic heterocycles. The van der Waals surface area contributed by atoms with Crippen molar-refractivity contribution in [3.63, 3.8) is 0 Å². The third-order valence-electron chi connectivity index (χ3n) is 7.82. The van der Waals surface area contributed by atoms with E-state index in [4.69, 9.17) is 4.74 Å². The molecule has 0 aromatic heterocycles. The average molecular weight is 481 g/mol. The van der Waals surface area contributed by atoms with Crippen LogP contribution in [-0.2, 0) is 14.4 Å². The van der Waals surface area contributed by atoms with Crippen molar-refractivity contribution >= 4 is 17.7 Å². The molecule has 3 atom stereocenters. The van der Waals surface area contributed by atoms with Crippen LogP contribution in [0.2, 0.25) is 0 Å². The number of carbonyl (C=O) groups excluding carboxylic acids is 3. The second kappa shape index (κ2) is 11.1. The van der Waals surface area contributed by atoms with E-state index in [-0.39, 0.29) is 42.1 Å². The maximum absolute atomic E-state index is 13.4. The molecule has 2 saturated heterocycles. The number of aryl methyl sites for hydroxylation is 1. The summed E-state index contributed by atoms with van der Waals surface area (Å²) in [5.41, 5.74) is 1.06. The summed E-state index contributed by atoms with van der Waals surface area (Å²) in [6, 6.07) is 8.28. The Balaban J connectivity index is 1.43. The molecule has 1 aromatic rings. The van der Waals surface area contributed by atoms with Crippen LogP contribution in [0.15, 0.2) is 24.3 Å². The van der Waals surface area contributed by atoms with Crippen LogP contribution in [0.5, 0.6) is 5.75 Å². The normalized spacial score (nSPS) is 24.3. The van der Waals surface area contributed by atoms with Crippen LogP contribution in [0.3, 0.4) is 0 Å². The Morgan fingerprint density at radius 3 is 2.66 bits per heavy atom. The molecule has 3 fully saturated rings. The number of piperidine rings is 1. The van der Waals surface area contributed by atoms with Gasteiger partial charge in [0, 0.05) is 19.0 Å². The van der Waals surface area contributed by atoms with Crippen LogP contribution < -0.4 is 15.4 Å². The first kappa shape index (κ1) is 25.0. The summed E-state index contributed by atoms with van der Waals surface area (Å²) in [6.45, 7) is 3.06. The Kier molecular flexibility index (Phi) is 7.94. The lowest BCUT2D eigenvalue weighted by atomic mass is 9.72. The number of ether oxygens (including phenoxy) is 1. The van der Waals surface area contributed by atoms with Crippen molar-refractivity contribution in [2.24, 2.45) is 11.3 Å². The van der Waals surface area contributed by atoms with E-state index in [0.717, 1.165) is 37.7 Å². The van der Waals surface area contributed by atoms with Gasteiger partial charge in [0.2, 0.25) is 11.8 Å². The van der Waals surface area contributed by atoms with E-state index in [0.29, 0.717) is 31.7 Å². The van der Waals surface area contributed by atoms with Crippen LogP contribution >= 0.6 is 0 Å². The van der Waals surface area contributed by atoms with Crippen LogP contribution in [0, 0.1) is 29.6 Å². The number of amides is 3. The van der Waals surface area contributed by atoms with Crippen molar-refractivity contribution < 1.29 is 19.1 Å². The van der Waals surface area contributed by atoms with E-state index < -0.39 is 12.1 Å². The summed E-state index contributed by atoms with van der Waals surface area (Å²) < 4.78 is 5.73. The number of rotatable bonds is 7. The molecule has 8 nitrogen and oxygen atoms in total. The molecule has 4 rings (SSSR count). The van der Waals surface area contributed by atoms with E-state index in [1.807, 2.05) is 31.2 Å². The van der Waals surface area contributed by atoms with Gasteiger partial charge in [-0.3, -0.25) is 14.4 Å². The number of likely N-dealkylation sites (tertiary alicyclic amines) is 1. The summed E-state index contributed by atoms with van der Waals surface area (Å²) in [5.74, 6) is -0.237. The van der Waals surface area contributed by atoms with Gasteiger partial charge in [-0.25, -0.2) is 0 Å². The van der Waals surface area contributed by atoms with Crippen molar-refractivity contribution in [3.05, 3.63) is 29.8 Å². The standard InChI is InChI=1S/C27H36N4O4/c1-19-7-9-22(10-8-19)35-17-24(32)31-18-27(11-3-2-4-12-27)15-23(31)26(34)30-21(16-28)14-20-6-5-13-29-25(20)33/h7-10,20-21,23H,2-6,11-15,17-18H2,1H3,(H,29,33)(H,30,34)/t20-,21-,23-/m0/s1. The highest BCUT2D eigenvalue weighted by molar-refractivity contribution is 5.89. The van der Waals surface area contributed by atoms with Gasteiger partial charge in [-0.2, -0.15) is 5.26 Å². The molecule has 1 aliphatic carbocycles. The predicted octanol–water partition coefficient (Wildman–Crippen LogP) is 2.85. The number of nitrogens with one attached hydrogen (secondary N) is 2. The number of hydrogen-bond acceptors (Lipinski definition) is 5. The van der Waals surface area contributed by atoms with E-state index in [9.17, 15) is 19.6 Å². The molecule has 2 N–H and O–H groups in total. The third-order valence-corrected chi connectivity index (χ3v) is 7.82. The van der Waals surface area contributed by atoms with Gasteiger partial charge < -0.3 is 20.3 Å². The van der Waals surface area contributed by atoms with Crippen molar-refractivity contribution in [2.45, 2.75) is 76.8 Å².